The van der Waals surface area contributed by atoms with E-state index in [1.807, 2.05) is 5.20 Å². The third-order valence-electron chi connectivity index (χ3n) is 7.57. The molecule has 3 aromatic rings. The first kappa shape index (κ1) is 27.1. The minimum Gasteiger partial charge on any atom is -0.0732 e. The zero-order valence-electron chi connectivity index (χ0n) is 23.7. The molecule has 0 bridgehead atoms. The van der Waals surface area contributed by atoms with Gasteiger partial charge in [0, 0.05) is 16.1 Å². The van der Waals surface area contributed by atoms with E-state index in [0.29, 0.717) is 0 Å². The number of rotatable bonds is 8. The molecular formula is C32H44Si4. The van der Waals surface area contributed by atoms with E-state index >= 15 is 0 Å². The van der Waals surface area contributed by atoms with Gasteiger partial charge in [0.15, 0.2) is 8.07 Å². The van der Waals surface area contributed by atoms with E-state index in [0.717, 1.165) is 0 Å². The van der Waals surface area contributed by atoms with Crippen LogP contribution in [0.5, 0.6) is 0 Å². The molecule has 0 amide bonds. The zero-order valence-corrected chi connectivity index (χ0v) is 27.7. The second-order valence-corrected chi connectivity index (χ2v) is 33.1. The van der Waals surface area contributed by atoms with Crippen LogP contribution in [0.3, 0.4) is 0 Å². The molecule has 0 atom stereocenters. The second-order valence-electron chi connectivity index (χ2n) is 13.5. The predicted molar refractivity (Wildman–Crippen MR) is 173 cm³/mol. The van der Waals surface area contributed by atoms with Gasteiger partial charge in [0.1, 0.15) is 8.07 Å². The summed E-state index contributed by atoms with van der Waals surface area (Å²) in [4.78, 5) is 1.81. The van der Waals surface area contributed by atoms with Crippen LogP contribution >= 0.6 is 0 Å². The summed E-state index contributed by atoms with van der Waals surface area (Å²) in [6.45, 7) is 20.6. The average molecular weight is 541 g/mol. The minimum absolute atomic E-state index is 1.28. The fourth-order valence-corrected chi connectivity index (χ4v) is 23.5. The lowest BCUT2D eigenvalue weighted by Gasteiger charge is -2.42. The summed E-state index contributed by atoms with van der Waals surface area (Å²) in [7, 11) is -7.05. The maximum atomic E-state index is 2.78. The van der Waals surface area contributed by atoms with Crippen molar-refractivity contribution in [3.8, 4) is 0 Å². The predicted octanol–water partition coefficient (Wildman–Crippen LogP) is 7.40. The van der Waals surface area contributed by atoms with Crippen LogP contribution in [0.2, 0.25) is 64.5 Å². The topological polar surface area (TPSA) is 0 Å². The number of allylic oxidation sites excluding steroid dienone is 3. The van der Waals surface area contributed by atoms with E-state index in [2.05, 4.69) is 149 Å². The Hall–Kier alpha value is -1.99. The van der Waals surface area contributed by atoms with Crippen molar-refractivity contribution < 1.29 is 0 Å². The number of hydrogen-bond donors (Lipinski definition) is 0. The summed E-state index contributed by atoms with van der Waals surface area (Å²) in [6, 6.07) is 37.4. The maximum absolute atomic E-state index is 2.78. The van der Waals surface area contributed by atoms with Gasteiger partial charge in [0.2, 0.25) is 0 Å². The van der Waals surface area contributed by atoms with Gasteiger partial charge in [-0.1, -0.05) is 170 Å². The molecule has 0 spiro atoms. The molecule has 3 aromatic carbocycles. The molecule has 0 saturated heterocycles. The van der Waals surface area contributed by atoms with Gasteiger partial charge in [-0.25, -0.2) is 0 Å². The van der Waals surface area contributed by atoms with Gasteiger partial charge in [0.25, 0.3) is 0 Å². The highest BCUT2D eigenvalue weighted by Gasteiger charge is 2.54. The molecule has 188 valence electrons. The quantitative estimate of drug-likeness (QED) is 0.261. The van der Waals surface area contributed by atoms with Crippen LogP contribution in [-0.2, 0) is 0 Å². The molecule has 0 fully saturated rings. The summed E-state index contributed by atoms with van der Waals surface area (Å²) in [5.74, 6) is 0. The lowest BCUT2D eigenvalue weighted by molar-refractivity contribution is 1.33. The highest BCUT2D eigenvalue weighted by molar-refractivity contribution is 7.25. The smallest absolute Gasteiger partial charge is 0.0732 e. The molecule has 1 aliphatic rings. The highest BCUT2D eigenvalue weighted by atomic mass is 28.4. The Kier molecular flexibility index (Phi) is 7.55. The van der Waals surface area contributed by atoms with Crippen molar-refractivity contribution >= 4 is 47.9 Å². The van der Waals surface area contributed by atoms with Crippen molar-refractivity contribution in [2.24, 2.45) is 0 Å². The molecule has 0 radical (unpaired) electrons. The first-order valence-electron chi connectivity index (χ1n) is 13.5. The molecule has 0 N–H and O–H groups in total. The van der Waals surface area contributed by atoms with Crippen LogP contribution in [0.4, 0.5) is 0 Å². The summed E-state index contributed by atoms with van der Waals surface area (Å²) >= 11 is 0. The Morgan fingerprint density at radius 2 is 0.944 bits per heavy atom. The van der Waals surface area contributed by atoms with Crippen molar-refractivity contribution in [1.82, 2.24) is 0 Å². The Labute approximate surface area is 224 Å². The van der Waals surface area contributed by atoms with Gasteiger partial charge in [-0.05, 0) is 22.5 Å². The molecule has 4 heteroatoms. The normalized spacial score (nSPS) is 16.3. The minimum atomic E-state index is -2.37. The van der Waals surface area contributed by atoms with Crippen LogP contribution in [0.1, 0.15) is 0 Å². The van der Waals surface area contributed by atoms with E-state index < -0.39 is 32.3 Å². The molecule has 4 rings (SSSR count). The Balaban J connectivity index is 2.14. The number of hydrogen-bond acceptors (Lipinski definition) is 0. The van der Waals surface area contributed by atoms with E-state index in [9.17, 15) is 0 Å². The van der Waals surface area contributed by atoms with E-state index in [1.54, 1.807) is 26.0 Å². The summed E-state index contributed by atoms with van der Waals surface area (Å²) in [6.07, 6.45) is 2.78. The van der Waals surface area contributed by atoms with Crippen LogP contribution in [-0.4, -0.2) is 32.3 Å². The molecule has 1 aliphatic heterocycles. The van der Waals surface area contributed by atoms with Crippen LogP contribution < -0.4 is 15.6 Å². The third kappa shape index (κ3) is 5.33. The van der Waals surface area contributed by atoms with Crippen molar-refractivity contribution in [2.45, 2.75) is 64.5 Å². The highest BCUT2D eigenvalue weighted by Crippen LogP contribution is 2.44. The summed E-state index contributed by atoms with van der Waals surface area (Å²) < 4.78 is 0. The lowest BCUT2D eigenvalue weighted by Crippen LogP contribution is -2.67. The van der Waals surface area contributed by atoms with Gasteiger partial charge in [-0.2, -0.15) is 0 Å². The van der Waals surface area contributed by atoms with Gasteiger partial charge < -0.3 is 0 Å². The fraction of sp³-hybridized carbons (Fsp3) is 0.312. The van der Waals surface area contributed by atoms with Crippen molar-refractivity contribution in [3.63, 3.8) is 0 Å². The SMILES string of the molecule is C[Si](C)(C)CC1=C(C[Si](C)(C)C)[Si](c2ccccc2)(c2ccccc2)C([Si](C)(C)c2ccccc2)=C1. The summed E-state index contributed by atoms with van der Waals surface area (Å²) in [5, 5.41) is 6.56. The first-order chi connectivity index (χ1) is 16.9. The standard InChI is InChI=1S/C32H44Si4/c1-33(2,3)25-27-24-32(35(7,8)28-18-12-9-13-19-28)36(29-20-14-10-15-21-29,30-22-16-11-17-23-30)31(27)26-34(4,5)6/h9-24H,25-26H2,1-8H3. The van der Waals surface area contributed by atoms with E-state index in [1.165, 1.54) is 12.1 Å². The van der Waals surface area contributed by atoms with Gasteiger partial charge in [-0.3, -0.25) is 0 Å². The molecular weight excluding hydrogens is 497 g/mol. The summed E-state index contributed by atoms with van der Waals surface area (Å²) in [5.41, 5.74) is 1.71. The molecule has 1 heterocycles. The maximum Gasteiger partial charge on any atom is 0.168 e. The van der Waals surface area contributed by atoms with E-state index in [4.69, 9.17) is 0 Å². The van der Waals surface area contributed by atoms with Crippen LogP contribution in [0.15, 0.2) is 113 Å². The van der Waals surface area contributed by atoms with Gasteiger partial charge in [0.05, 0.1) is 0 Å². The first-order valence-corrected chi connectivity index (χ1v) is 25.9. The molecule has 0 nitrogen and oxygen atoms in total. The van der Waals surface area contributed by atoms with Crippen molar-refractivity contribution in [3.05, 3.63) is 113 Å². The Bertz CT molecular complexity index is 1200. The Morgan fingerprint density at radius 1 is 0.528 bits per heavy atom. The van der Waals surface area contributed by atoms with Crippen LogP contribution in [0, 0.1) is 0 Å². The number of benzene rings is 3. The zero-order chi connectivity index (χ0) is 26.2. The molecule has 0 unspecified atom stereocenters. The molecule has 36 heavy (non-hydrogen) atoms. The molecule has 0 aliphatic carbocycles. The Morgan fingerprint density at radius 3 is 1.36 bits per heavy atom. The van der Waals surface area contributed by atoms with Crippen LogP contribution in [0.25, 0.3) is 0 Å². The van der Waals surface area contributed by atoms with Gasteiger partial charge in [-0.15, -0.1) is 0 Å². The van der Waals surface area contributed by atoms with Crippen molar-refractivity contribution in [2.75, 3.05) is 0 Å². The fourth-order valence-electron chi connectivity index (χ4n) is 6.14. The largest absolute Gasteiger partial charge is 0.168 e. The monoisotopic (exact) mass is 540 g/mol. The molecule has 0 saturated carbocycles. The molecule has 0 aromatic heterocycles. The third-order valence-corrected chi connectivity index (χ3v) is 21.8. The second kappa shape index (κ2) is 10.0. The van der Waals surface area contributed by atoms with Crippen molar-refractivity contribution in [1.29, 1.82) is 0 Å². The van der Waals surface area contributed by atoms with Gasteiger partial charge >= 0.3 is 0 Å². The van der Waals surface area contributed by atoms with E-state index in [-0.39, 0.29) is 0 Å². The lowest BCUT2D eigenvalue weighted by atomic mass is 10.3. The average Bonchev–Trinajstić information content (AvgIpc) is 3.13.